The number of nitrogens with zero attached hydrogens (tertiary/aromatic N) is 3. The maximum atomic E-state index is 5.90. The van der Waals surface area contributed by atoms with Crippen molar-refractivity contribution in [2.45, 2.75) is 38.8 Å². The van der Waals surface area contributed by atoms with Gasteiger partial charge in [-0.2, -0.15) is 0 Å². The number of rotatable bonds is 3. The summed E-state index contributed by atoms with van der Waals surface area (Å²) in [6.45, 7) is 5.04. The van der Waals surface area contributed by atoms with Crippen molar-refractivity contribution in [2.75, 3.05) is 6.61 Å². The molecule has 2 atom stereocenters. The molecule has 0 saturated carbocycles. The van der Waals surface area contributed by atoms with Crippen molar-refractivity contribution in [3.63, 3.8) is 0 Å². The van der Waals surface area contributed by atoms with Crippen LogP contribution in [-0.4, -0.2) is 21.2 Å². The van der Waals surface area contributed by atoms with Crippen LogP contribution in [0.4, 0.5) is 0 Å². The molecule has 3 aromatic rings. The molecule has 1 N–H and O–H groups in total. The lowest BCUT2D eigenvalue weighted by Gasteiger charge is -2.22. The van der Waals surface area contributed by atoms with Crippen LogP contribution < -0.4 is 10.1 Å². The fourth-order valence-electron chi connectivity index (χ4n) is 3.40. The zero-order valence-corrected chi connectivity index (χ0v) is 14.1. The van der Waals surface area contributed by atoms with Crippen molar-refractivity contribution in [3.8, 4) is 5.75 Å². The number of nitrogens with one attached hydrogen (secondary N) is 1. The Morgan fingerprint density at radius 2 is 2.17 bits per heavy atom. The molecule has 4 rings (SSSR count). The number of ether oxygens (including phenoxy) is 1. The third-order valence-corrected chi connectivity index (χ3v) is 4.61. The molecule has 0 radical (unpaired) electrons. The predicted molar refractivity (Wildman–Crippen MR) is 93.2 cm³/mol. The number of hydrogen-bond donors (Lipinski definition) is 1. The Kier molecular flexibility index (Phi) is 3.94. The molecule has 2 unspecified atom stereocenters. The van der Waals surface area contributed by atoms with E-state index in [4.69, 9.17) is 4.74 Å². The van der Waals surface area contributed by atoms with Gasteiger partial charge in [0.05, 0.1) is 12.6 Å². The fourth-order valence-corrected chi connectivity index (χ4v) is 3.40. The number of hydrogen-bond acceptors (Lipinski definition) is 4. The van der Waals surface area contributed by atoms with E-state index in [-0.39, 0.29) is 12.1 Å². The molecule has 1 aliphatic rings. The van der Waals surface area contributed by atoms with Crippen LogP contribution in [0.5, 0.6) is 5.75 Å². The van der Waals surface area contributed by atoms with Crippen molar-refractivity contribution in [1.29, 1.82) is 0 Å². The van der Waals surface area contributed by atoms with Gasteiger partial charge in [-0.15, -0.1) is 10.2 Å². The monoisotopic (exact) mass is 322 g/mol. The van der Waals surface area contributed by atoms with Crippen LogP contribution in [0.2, 0.25) is 0 Å². The van der Waals surface area contributed by atoms with E-state index >= 15 is 0 Å². The number of pyridine rings is 1. The summed E-state index contributed by atoms with van der Waals surface area (Å²) in [5, 5.41) is 12.4. The van der Waals surface area contributed by atoms with Crippen molar-refractivity contribution >= 4 is 5.65 Å². The first-order valence-corrected chi connectivity index (χ1v) is 8.51. The topological polar surface area (TPSA) is 51.5 Å². The summed E-state index contributed by atoms with van der Waals surface area (Å²) in [4.78, 5) is 0. The number of fused-ring (bicyclic) bond motifs is 2. The van der Waals surface area contributed by atoms with E-state index in [1.165, 1.54) is 11.1 Å². The molecule has 124 valence electrons. The van der Waals surface area contributed by atoms with Gasteiger partial charge < -0.3 is 10.1 Å². The van der Waals surface area contributed by atoms with Crippen LogP contribution in [0.15, 0.2) is 42.6 Å². The molecule has 1 aliphatic heterocycles. The van der Waals surface area contributed by atoms with Gasteiger partial charge in [-0.05, 0) is 44.9 Å². The molecule has 0 fully saturated rings. The molecule has 24 heavy (non-hydrogen) atoms. The minimum Gasteiger partial charge on any atom is -0.493 e. The van der Waals surface area contributed by atoms with Crippen molar-refractivity contribution in [2.24, 2.45) is 0 Å². The SMILES string of the molecule is Cc1ccc2c(c1)C(NC(C)c1nnc3ccccn13)CCCO2. The summed E-state index contributed by atoms with van der Waals surface area (Å²) in [6.07, 6.45) is 4.10. The van der Waals surface area contributed by atoms with E-state index in [0.717, 1.165) is 36.7 Å². The molecule has 0 amide bonds. The largest absolute Gasteiger partial charge is 0.493 e. The third-order valence-electron chi connectivity index (χ3n) is 4.61. The standard InChI is InChI=1S/C19H22N4O/c1-13-8-9-17-15(12-13)16(6-5-11-24-17)20-14(2)19-22-21-18-7-3-4-10-23(18)19/h3-4,7-10,12,14,16,20H,5-6,11H2,1-2H3. The summed E-state index contributed by atoms with van der Waals surface area (Å²) in [7, 11) is 0. The quantitative estimate of drug-likeness (QED) is 0.800. The van der Waals surface area contributed by atoms with Gasteiger partial charge in [-0.25, -0.2) is 0 Å². The highest BCUT2D eigenvalue weighted by atomic mass is 16.5. The van der Waals surface area contributed by atoms with Gasteiger partial charge in [0.2, 0.25) is 0 Å². The van der Waals surface area contributed by atoms with Crippen LogP contribution >= 0.6 is 0 Å². The van der Waals surface area contributed by atoms with Gasteiger partial charge in [0.25, 0.3) is 0 Å². The summed E-state index contributed by atoms with van der Waals surface area (Å²) in [5.41, 5.74) is 3.38. The van der Waals surface area contributed by atoms with Gasteiger partial charge in [0, 0.05) is 17.8 Å². The molecular weight excluding hydrogens is 300 g/mol. The zero-order chi connectivity index (χ0) is 16.5. The summed E-state index contributed by atoms with van der Waals surface area (Å²) < 4.78 is 7.95. The molecular formula is C19H22N4O. The number of aryl methyl sites for hydroxylation is 1. The molecule has 1 aromatic carbocycles. The summed E-state index contributed by atoms with van der Waals surface area (Å²) in [5.74, 6) is 1.93. The average Bonchev–Trinajstić information content (AvgIpc) is 2.93. The lowest BCUT2D eigenvalue weighted by Crippen LogP contribution is -2.26. The molecule has 3 heterocycles. The van der Waals surface area contributed by atoms with Gasteiger partial charge >= 0.3 is 0 Å². The molecule has 0 spiro atoms. The van der Waals surface area contributed by atoms with E-state index in [2.05, 4.69) is 47.6 Å². The Morgan fingerprint density at radius 3 is 3.08 bits per heavy atom. The minimum absolute atomic E-state index is 0.0962. The Hall–Kier alpha value is -2.40. The minimum atomic E-state index is 0.0962. The highest BCUT2D eigenvalue weighted by Gasteiger charge is 2.23. The predicted octanol–water partition coefficient (Wildman–Crippen LogP) is 3.60. The Bertz CT molecular complexity index is 857. The maximum Gasteiger partial charge on any atom is 0.160 e. The fraction of sp³-hybridized carbons (Fsp3) is 0.368. The first kappa shape index (κ1) is 15.1. The van der Waals surface area contributed by atoms with Crippen LogP contribution in [-0.2, 0) is 0 Å². The van der Waals surface area contributed by atoms with Crippen molar-refractivity contribution in [1.82, 2.24) is 19.9 Å². The second kappa shape index (κ2) is 6.24. The zero-order valence-electron chi connectivity index (χ0n) is 14.1. The van der Waals surface area contributed by atoms with Crippen LogP contribution in [0.3, 0.4) is 0 Å². The second-order valence-corrected chi connectivity index (χ2v) is 6.46. The first-order valence-electron chi connectivity index (χ1n) is 8.51. The Balaban J connectivity index is 1.64. The molecule has 5 heteroatoms. The maximum absolute atomic E-state index is 5.90. The van der Waals surface area contributed by atoms with Crippen LogP contribution in [0, 0.1) is 6.92 Å². The number of aromatic nitrogens is 3. The molecule has 0 saturated heterocycles. The van der Waals surface area contributed by atoms with Crippen LogP contribution in [0.1, 0.15) is 48.8 Å². The van der Waals surface area contributed by atoms with Crippen LogP contribution in [0.25, 0.3) is 5.65 Å². The molecule has 0 aliphatic carbocycles. The van der Waals surface area contributed by atoms with Crippen molar-refractivity contribution in [3.05, 3.63) is 59.5 Å². The lowest BCUT2D eigenvalue weighted by molar-refractivity contribution is 0.314. The van der Waals surface area contributed by atoms with E-state index in [1.807, 2.05) is 28.8 Å². The molecule has 5 nitrogen and oxygen atoms in total. The highest BCUT2D eigenvalue weighted by Crippen LogP contribution is 2.33. The molecule has 2 aromatic heterocycles. The normalized spacial score (nSPS) is 18.7. The Labute approximate surface area is 141 Å². The van der Waals surface area contributed by atoms with Gasteiger partial charge in [0.15, 0.2) is 11.5 Å². The van der Waals surface area contributed by atoms with Gasteiger partial charge in [-0.1, -0.05) is 23.8 Å². The van der Waals surface area contributed by atoms with E-state index in [9.17, 15) is 0 Å². The summed E-state index contributed by atoms with van der Waals surface area (Å²) >= 11 is 0. The Morgan fingerprint density at radius 1 is 1.25 bits per heavy atom. The summed E-state index contributed by atoms with van der Waals surface area (Å²) in [6, 6.07) is 12.7. The lowest BCUT2D eigenvalue weighted by atomic mass is 9.99. The van der Waals surface area contributed by atoms with Gasteiger partial charge in [0.1, 0.15) is 5.75 Å². The van der Waals surface area contributed by atoms with E-state index in [1.54, 1.807) is 0 Å². The molecule has 0 bridgehead atoms. The first-order chi connectivity index (χ1) is 11.7. The van der Waals surface area contributed by atoms with Gasteiger partial charge in [-0.3, -0.25) is 4.40 Å². The highest BCUT2D eigenvalue weighted by molar-refractivity contribution is 5.40. The van der Waals surface area contributed by atoms with E-state index < -0.39 is 0 Å². The number of benzene rings is 1. The average molecular weight is 322 g/mol. The smallest absolute Gasteiger partial charge is 0.160 e. The van der Waals surface area contributed by atoms with E-state index in [0.29, 0.717) is 0 Å². The third kappa shape index (κ3) is 2.76. The second-order valence-electron chi connectivity index (χ2n) is 6.46. The van der Waals surface area contributed by atoms with Crippen molar-refractivity contribution < 1.29 is 4.74 Å².